The van der Waals surface area contributed by atoms with Crippen LogP contribution in [0, 0.1) is 5.92 Å². The molecule has 0 spiro atoms. The maximum absolute atomic E-state index is 11.1. The maximum Gasteiger partial charge on any atom is 0.213 e. The molecule has 0 bridgehead atoms. The number of ketones is 1. The van der Waals surface area contributed by atoms with Crippen LogP contribution in [0.25, 0.3) is 0 Å². The number of hydrogen-bond donors (Lipinski definition) is 1. The molecule has 0 aromatic rings. The number of piperazine rings is 1. The molecule has 4 nitrogen and oxygen atoms in total. The summed E-state index contributed by atoms with van der Waals surface area (Å²) in [5.74, 6) is 0.263. The van der Waals surface area contributed by atoms with Crippen LogP contribution in [-0.2, 0) is 9.59 Å². The molecule has 1 unspecified atom stereocenters. The van der Waals surface area contributed by atoms with E-state index in [4.69, 9.17) is 0 Å². The van der Waals surface area contributed by atoms with Gasteiger partial charge in [-0.3, -0.25) is 14.5 Å². The van der Waals surface area contributed by atoms with Crippen LogP contribution in [-0.4, -0.2) is 49.2 Å². The highest BCUT2D eigenvalue weighted by Gasteiger charge is 2.24. The summed E-state index contributed by atoms with van der Waals surface area (Å²) in [5, 5.41) is 3.05. The van der Waals surface area contributed by atoms with Gasteiger partial charge in [0.25, 0.3) is 0 Å². The standard InChI is InChI=1S/C10H18N2O2/c1-8(2)5-12-4-3-11-9(6-12)10(14)7-13/h7-9,11H,3-6H2,1-2H3. The number of carbonyl (C=O) groups excluding carboxylic acids is 2. The van der Waals surface area contributed by atoms with Crippen LogP contribution >= 0.6 is 0 Å². The van der Waals surface area contributed by atoms with Crippen molar-refractivity contribution in [3.05, 3.63) is 0 Å². The Labute approximate surface area is 84.7 Å². The summed E-state index contributed by atoms with van der Waals surface area (Å²) in [6, 6.07) is -0.292. The highest BCUT2D eigenvalue weighted by molar-refractivity contribution is 6.27. The van der Waals surface area contributed by atoms with Crippen LogP contribution in [0.2, 0.25) is 0 Å². The summed E-state index contributed by atoms with van der Waals surface area (Å²) < 4.78 is 0. The molecule has 0 radical (unpaired) electrons. The molecule has 1 fully saturated rings. The van der Waals surface area contributed by atoms with E-state index in [0.717, 1.165) is 19.6 Å². The van der Waals surface area contributed by atoms with E-state index in [2.05, 4.69) is 24.1 Å². The monoisotopic (exact) mass is 198 g/mol. The molecular formula is C10H18N2O2. The zero-order chi connectivity index (χ0) is 10.6. The molecule has 0 aromatic carbocycles. The average Bonchev–Trinajstić information content (AvgIpc) is 2.16. The van der Waals surface area contributed by atoms with Crippen molar-refractivity contribution in [1.29, 1.82) is 0 Å². The average molecular weight is 198 g/mol. The minimum absolute atomic E-state index is 0.292. The van der Waals surface area contributed by atoms with E-state index in [-0.39, 0.29) is 11.8 Å². The van der Waals surface area contributed by atoms with Crippen molar-refractivity contribution in [3.8, 4) is 0 Å². The number of Topliss-reactive ketones (excluding diaryl/α,β-unsaturated/α-hetero) is 1. The molecule has 80 valence electrons. The molecule has 0 amide bonds. The molecule has 1 rings (SSSR count). The number of hydrogen-bond acceptors (Lipinski definition) is 4. The van der Waals surface area contributed by atoms with Crippen molar-refractivity contribution in [3.63, 3.8) is 0 Å². The van der Waals surface area contributed by atoms with E-state index in [9.17, 15) is 9.59 Å². The molecule has 1 atom stereocenters. The van der Waals surface area contributed by atoms with E-state index >= 15 is 0 Å². The fraction of sp³-hybridized carbons (Fsp3) is 0.800. The first-order valence-corrected chi connectivity index (χ1v) is 5.08. The number of carbonyl (C=O) groups is 2. The third-order valence-corrected chi connectivity index (χ3v) is 2.34. The smallest absolute Gasteiger partial charge is 0.213 e. The van der Waals surface area contributed by atoms with Gasteiger partial charge in [0.2, 0.25) is 5.78 Å². The fourth-order valence-corrected chi connectivity index (χ4v) is 1.77. The lowest BCUT2D eigenvalue weighted by molar-refractivity contribution is -0.132. The molecule has 1 aliphatic heterocycles. The second kappa shape index (κ2) is 5.22. The topological polar surface area (TPSA) is 49.4 Å². The van der Waals surface area contributed by atoms with E-state index in [0.29, 0.717) is 18.7 Å². The van der Waals surface area contributed by atoms with Crippen LogP contribution in [0.4, 0.5) is 0 Å². The molecule has 0 saturated carbocycles. The first-order valence-electron chi connectivity index (χ1n) is 5.08. The van der Waals surface area contributed by atoms with Crippen LogP contribution in [0.1, 0.15) is 13.8 Å². The quantitative estimate of drug-likeness (QED) is 0.497. The minimum atomic E-state index is -0.335. The van der Waals surface area contributed by atoms with Crippen LogP contribution in [0.5, 0.6) is 0 Å². The van der Waals surface area contributed by atoms with Gasteiger partial charge in [0.05, 0.1) is 6.04 Å². The van der Waals surface area contributed by atoms with Gasteiger partial charge in [0.15, 0.2) is 6.29 Å². The molecule has 14 heavy (non-hydrogen) atoms. The summed E-state index contributed by atoms with van der Waals surface area (Å²) in [6.07, 6.45) is 0.413. The Morgan fingerprint density at radius 2 is 2.36 bits per heavy atom. The first kappa shape index (κ1) is 11.3. The number of rotatable bonds is 4. The molecule has 1 saturated heterocycles. The molecule has 4 heteroatoms. The number of aldehydes is 1. The van der Waals surface area contributed by atoms with E-state index in [1.165, 1.54) is 0 Å². The van der Waals surface area contributed by atoms with Gasteiger partial charge in [0.1, 0.15) is 0 Å². The Morgan fingerprint density at radius 1 is 1.64 bits per heavy atom. The number of nitrogens with one attached hydrogen (secondary N) is 1. The lowest BCUT2D eigenvalue weighted by Crippen LogP contribution is -2.55. The van der Waals surface area contributed by atoms with Crippen molar-refractivity contribution in [2.24, 2.45) is 5.92 Å². The zero-order valence-corrected chi connectivity index (χ0v) is 8.82. The van der Waals surface area contributed by atoms with E-state index < -0.39 is 0 Å². The molecule has 1 N–H and O–H groups in total. The van der Waals surface area contributed by atoms with Gasteiger partial charge >= 0.3 is 0 Å². The fourth-order valence-electron chi connectivity index (χ4n) is 1.77. The SMILES string of the molecule is CC(C)CN1CCNC(C(=O)C=O)C1. The van der Waals surface area contributed by atoms with Gasteiger partial charge in [-0.1, -0.05) is 13.8 Å². The summed E-state index contributed by atoms with van der Waals surface area (Å²) >= 11 is 0. The summed E-state index contributed by atoms with van der Waals surface area (Å²) in [4.78, 5) is 23.7. The zero-order valence-electron chi connectivity index (χ0n) is 8.82. The highest BCUT2D eigenvalue weighted by atomic mass is 16.2. The predicted octanol–water partition coefficient (Wildman–Crippen LogP) is -0.316. The lowest BCUT2D eigenvalue weighted by Gasteiger charge is -2.33. The van der Waals surface area contributed by atoms with Crippen molar-refractivity contribution >= 4 is 12.1 Å². The Bertz CT molecular complexity index is 216. The molecular weight excluding hydrogens is 180 g/mol. The Kier molecular flexibility index (Phi) is 4.22. The Hall–Kier alpha value is -0.740. The third kappa shape index (κ3) is 3.20. The molecule has 1 aliphatic rings. The van der Waals surface area contributed by atoms with Gasteiger partial charge in [0, 0.05) is 26.2 Å². The molecule has 0 aliphatic carbocycles. The van der Waals surface area contributed by atoms with Crippen molar-refractivity contribution < 1.29 is 9.59 Å². The Balaban J connectivity index is 2.43. The summed E-state index contributed by atoms with van der Waals surface area (Å²) in [6.45, 7) is 7.70. The predicted molar refractivity (Wildman–Crippen MR) is 54.1 cm³/mol. The van der Waals surface area contributed by atoms with Crippen molar-refractivity contribution in [2.45, 2.75) is 19.9 Å². The number of nitrogens with zero attached hydrogens (tertiary/aromatic N) is 1. The second-order valence-corrected chi connectivity index (χ2v) is 4.18. The van der Waals surface area contributed by atoms with E-state index in [1.807, 2.05) is 0 Å². The summed E-state index contributed by atoms with van der Waals surface area (Å²) in [5.41, 5.74) is 0. The van der Waals surface area contributed by atoms with Crippen molar-refractivity contribution in [2.75, 3.05) is 26.2 Å². The molecule has 1 heterocycles. The second-order valence-electron chi connectivity index (χ2n) is 4.18. The van der Waals surface area contributed by atoms with Crippen LogP contribution in [0.15, 0.2) is 0 Å². The van der Waals surface area contributed by atoms with Gasteiger partial charge in [-0.05, 0) is 5.92 Å². The van der Waals surface area contributed by atoms with Gasteiger partial charge in [-0.2, -0.15) is 0 Å². The van der Waals surface area contributed by atoms with Gasteiger partial charge < -0.3 is 5.32 Å². The van der Waals surface area contributed by atoms with Crippen LogP contribution < -0.4 is 5.32 Å². The van der Waals surface area contributed by atoms with Crippen LogP contribution in [0.3, 0.4) is 0 Å². The van der Waals surface area contributed by atoms with Gasteiger partial charge in [-0.15, -0.1) is 0 Å². The maximum atomic E-state index is 11.1. The van der Waals surface area contributed by atoms with E-state index in [1.54, 1.807) is 0 Å². The third-order valence-electron chi connectivity index (χ3n) is 2.34. The highest BCUT2D eigenvalue weighted by Crippen LogP contribution is 2.03. The van der Waals surface area contributed by atoms with Crippen molar-refractivity contribution in [1.82, 2.24) is 10.2 Å². The summed E-state index contributed by atoms with van der Waals surface area (Å²) in [7, 11) is 0. The first-order chi connectivity index (χ1) is 6.63. The van der Waals surface area contributed by atoms with Gasteiger partial charge in [-0.25, -0.2) is 0 Å². The molecule has 0 aromatic heterocycles. The Morgan fingerprint density at radius 3 is 2.93 bits per heavy atom. The lowest BCUT2D eigenvalue weighted by atomic mass is 10.1. The largest absolute Gasteiger partial charge is 0.305 e. The minimum Gasteiger partial charge on any atom is -0.305 e. The normalized spacial score (nSPS) is 23.8.